The molecule has 0 aliphatic heterocycles. The number of nitrogens with zero attached hydrogens (tertiary/aromatic N) is 6. The van der Waals surface area contributed by atoms with Crippen molar-refractivity contribution in [2.45, 2.75) is 20.0 Å². The number of aromatic nitrogens is 6. The molecule has 4 rings (SSSR count). The Morgan fingerprint density at radius 1 is 0.889 bits per heavy atom. The minimum Gasteiger partial charge on any atom is -0.245 e. The molecule has 27 heavy (non-hydrogen) atoms. The van der Waals surface area contributed by atoms with E-state index in [0.717, 1.165) is 22.4 Å². The van der Waals surface area contributed by atoms with Crippen LogP contribution in [0.2, 0.25) is 0 Å². The van der Waals surface area contributed by atoms with E-state index in [2.05, 4.69) is 41.3 Å². The molecule has 3 heterocycles. The fourth-order valence-corrected chi connectivity index (χ4v) is 3.06. The van der Waals surface area contributed by atoms with Crippen LogP contribution in [0.25, 0.3) is 23.4 Å². The second-order valence-electron chi connectivity index (χ2n) is 6.54. The van der Waals surface area contributed by atoms with Crippen LogP contribution in [0.4, 0.5) is 0 Å². The van der Waals surface area contributed by atoms with Gasteiger partial charge in [-0.2, -0.15) is 0 Å². The van der Waals surface area contributed by atoms with Gasteiger partial charge >= 0.3 is 0 Å². The first-order valence-corrected chi connectivity index (χ1v) is 8.79. The lowest BCUT2D eigenvalue weighted by atomic mass is 10.2. The first-order valence-electron chi connectivity index (χ1n) is 8.79. The van der Waals surface area contributed by atoms with Crippen molar-refractivity contribution in [1.29, 1.82) is 0 Å². The molecule has 0 saturated heterocycles. The molecule has 0 N–H and O–H groups in total. The first-order chi connectivity index (χ1) is 13.1. The largest absolute Gasteiger partial charge is 0.248 e. The fraction of sp³-hybridized carbons (Fsp3) is 0.143. The maximum absolute atomic E-state index is 4.93. The van der Waals surface area contributed by atoms with E-state index in [4.69, 9.17) is 9.97 Å². The van der Waals surface area contributed by atoms with Crippen molar-refractivity contribution < 1.29 is 9.13 Å². The molecule has 0 aliphatic rings. The Kier molecular flexibility index (Phi) is 4.38. The van der Waals surface area contributed by atoms with Crippen LogP contribution >= 0.6 is 0 Å². The number of rotatable bonds is 6. The van der Waals surface area contributed by atoms with Gasteiger partial charge in [0.2, 0.25) is 12.7 Å². The summed E-state index contributed by atoms with van der Waals surface area (Å²) in [7, 11) is 0. The lowest BCUT2D eigenvalue weighted by Gasteiger charge is -2.08. The van der Waals surface area contributed by atoms with Crippen LogP contribution in [-0.2, 0) is 13.1 Å². The van der Waals surface area contributed by atoms with Crippen LogP contribution in [-0.4, -0.2) is 19.1 Å². The Labute approximate surface area is 158 Å². The van der Waals surface area contributed by atoms with Gasteiger partial charge in [0.25, 0.3) is 0 Å². The third-order valence-corrected chi connectivity index (χ3v) is 4.49. The number of imidazole rings is 2. The number of fused-ring (bicyclic) bond motifs is 1. The Morgan fingerprint density at radius 2 is 1.44 bits per heavy atom. The first kappa shape index (κ1) is 16.9. The molecule has 0 saturated carbocycles. The lowest BCUT2D eigenvalue weighted by molar-refractivity contribution is -0.693. The Morgan fingerprint density at radius 3 is 1.96 bits per heavy atom. The van der Waals surface area contributed by atoms with Crippen molar-refractivity contribution in [3.63, 3.8) is 0 Å². The average Bonchev–Trinajstić information content (AvgIpc) is 3.31. The van der Waals surface area contributed by atoms with Gasteiger partial charge in [0.05, 0.1) is 23.4 Å². The zero-order chi connectivity index (χ0) is 18.8. The van der Waals surface area contributed by atoms with Gasteiger partial charge in [0.1, 0.15) is 49.3 Å². The van der Waals surface area contributed by atoms with E-state index < -0.39 is 0 Å². The third-order valence-electron chi connectivity index (χ3n) is 4.49. The summed E-state index contributed by atoms with van der Waals surface area (Å²) < 4.78 is 7.99. The minimum atomic E-state index is 0.649. The summed E-state index contributed by atoms with van der Waals surface area (Å²) in [6.07, 6.45) is 15.4. The number of benzene rings is 1. The molecule has 1 aromatic carbocycles. The highest BCUT2D eigenvalue weighted by atomic mass is 15.1. The van der Waals surface area contributed by atoms with Crippen LogP contribution in [0.3, 0.4) is 0 Å². The van der Waals surface area contributed by atoms with E-state index in [1.807, 2.05) is 52.6 Å². The van der Waals surface area contributed by atoms with Gasteiger partial charge in [-0.25, -0.2) is 28.2 Å². The SMILES string of the molecule is C=Cn1cc[n+](Cc2nc3ccc(C)cc3nc2C[n+]2ccn(C=C)c2)c1. The van der Waals surface area contributed by atoms with E-state index in [1.165, 1.54) is 5.56 Å². The molecular weight excluding hydrogens is 336 g/mol. The van der Waals surface area contributed by atoms with E-state index in [1.54, 1.807) is 12.4 Å². The predicted molar refractivity (Wildman–Crippen MR) is 105 cm³/mol. The van der Waals surface area contributed by atoms with Crippen molar-refractivity contribution in [3.8, 4) is 0 Å². The van der Waals surface area contributed by atoms with Gasteiger partial charge in [-0.1, -0.05) is 19.2 Å². The summed E-state index contributed by atoms with van der Waals surface area (Å²) >= 11 is 0. The summed E-state index contributed by atoms with van der Waals surface area (Å²) in [5.41, 5.74) is 4.93. The van der Waals surface area contributed by atoms with E-state index >= 15 is 0 Å². The fourth-order valence-electron chi connectivity index (χ4n) is 3.06. The van der Waals surface area contributed by atoms with Gasteiger partial charge in [-0.05, 0) is 24.6 Å². The standard InChI is InChI=1S/C21H22N6/c1-4-24-8-10-26(15-24)13-20-21(14-27-11-9-25(5-2)16-27)23-19-12-17(3)6-7-18(19)22-20/h4-12,15-16H,1-2,13-14H2,3H3/q+2. The molecule has 0 aliphatic carbocycles. The monoisotopic (exact) mass is 358 g/mol. The number of hydrogen-bond acceptors (Lipinski definition) is 2. The maximum atomic E-state index is 4.93. The van der Waals surface area contributed by atoms with E-state index in [0.29, 0.717) is 13.1 Å². The van der Waals surface area contributed by atoms with E-state index in [9.17, 15) is 0 Å². The molecule has 0 atom stereocenters. The lowest BCUT2D eigenvalue weighted by Crippen LogP contribution is -2.36. The molecule has 134 valence electrons. The van der Waals surface area contributed by atoms with Crippen molar-refractivity contribution in [2.24, 2.45) is 0 Å². The van der Waals surface area contributed by atoms with Crippen LogP contribution in [0, 0.1) is 6.92 Å². The normalized spacial score (nSPS) is 11.0. The summed E-state index contributed by atoms with van der Waals surface area (Å²) in [6.45, 7) is 11.0. The van der Waals surface area contributed by atoms with E-state index in [-0.39, 0.29) is 0 Å². The maximum Gasteiger partial charge on any atom is 0.248 e. The highest BCUT2D eigenvalue weighted by Crippen LogP contribution is 2.15. The predicted octanol–water partition coefficient (Wildman–Crippen LogP) is 2.41. The van der Waals surface area contributed by atoms with Crippen molar-refractivity contribution >= 4 is 23.4 Å². The second-order valence-corrected chi connectivity index (χ2v) is 6.54. The third kappa shape index (κ3) is 3.55. The molecule has 0 radical (unpaired) electrons. The molecule has 4 aromatic rings. The topological polar surface area (TPSA) is 43.4 Å². The Hall–Kier alpha value is -3.54. The molecule has 0 spiro atoms. The average molecular weight is 358 g/mol. The quantitative estimate of drug-likeness (QED) is 0.497. The molecule has 3 aromatic heterocycles. The molecule has 0 bridgehead atoms. The second kappa shape index (κ2) is 6.99. The Balaban J connectivity index is 1.76. The van der Waals surface area contributed by atoms with Gasteiger partial charge in [-0.15, -0.1) is 0 Å². The van der Waals surface area contributed by atoms with Crippen molar-refractivity contribution in [3.05, 3.63) is 85.8 Å². The molecule has 0 fully saturated rings. The van der Waals surface area contributed by atoms with Gasteiger partial charge in [0, 0.05) is 0 Å². The zero-order valence-electron chi connectivity index (χ0n) is 15.4. The molecule has 0 amide bonds. The highest BCUT2D eigenvalue weighted by Gasteiger charge is 2.15. The molecule has 6 nitrogen and oxygen atoms in total. The number of hydrogen-bond donors (Lipinski definition) is 0. The van der Waals surface area contributed by atoms with Crippen molar-refractivity contribution in [2.75, 3.05) is 0 Å². The molecule has 0 unspecified atom stereocenters. The summed E-state index contributed by atoms with van der Waals surface area (Å²) in [5, 5.41) is 0. The van der Waals surface area contributed by atoms with Crippen LogP contribution in [0.5, 0.6) is 0 Å². The van der Waals surface area contributed by atoms with Crippen LogP contribution < -0.4 is 9.13 Å². The highest BCUT2D eigenvalue weighted by molar-refractivity contribution is 5.75. The van der Waals surface area contributed by atoms with Gasteiger partial charge < -0.3 is 0 Å². The van der Waals surface area contributed by atoms with Crippen molar-refractivity contribution in [1.82, 2.24) is 19.1 Å². The minimum absolute atomic E-state index is 0.649. The molecule has 6 heteroatoms. The van der Waals surface area contributed by atoms with Crippen LogP contribution in [0.15, 0.2) is 68.8 Å². The zero-order valence-corrected chi connectivity index (χ0v) is 15.4. The van der Waals surface area contributed by atoms with Gasteiger partial charge in [-0.3, -0.25) is 0 Å². The number of aryl methyl sites for hydroxylation is 1. The molecular formula is C21H22N6+2. The summed E-state index contributed by atoms with van der Waals surface area (Å²) in [5.74, 6) is 0. The smallest absolute Gasteiger partial charge is 0.245 e. The van der Waals surface area contributed by atoms with Crippen LogP contribution in [0.1, 0.15) is 17.0 Å². The summed E-state index contributed by atoms with van der Waals surface area (Å²) in [6, 6.07) is 6.18. The summed E-state index contributed by atoms with van der Waals surface area (Å²) in [4.78, 5) is 9.84. The Bertz CT molecular complexity index is 1130. The van der Waals surface area contributed by atoms with Gasteiger partial charge in [0.15, 0.2) is 0 Å².